The average molecular weight is 500 g/mol. The van der Waals surface area contributed by atoms with Crippen molar-refractivity contribution in [1.29, 1.82) is 0 Å². The van der Waals surface area contributed by atoms with Crippen molar-refractivity contribution < 1.29 is 8.42 Å². The maximum absolute atomic E-state index is 12.8. The lowest BCUT2D eigenvalue weighted by molar-refractivity contribution is 0.601. The van der Waals surface area contributed by atoms with Crippen LogP contribution in [0.3, 0.4) is 0 Å². The van der Waals surface area contributed by atoms with E-state index in [9.17, 15) is 13.2 Å². The van der Waals surface area contributed by atoms with Crippen molar-refractivity contribution in [3.63, 3.8) is 0 Å². The molecule has 0 atom stereocenters. The molecule has 0 aliphatic carbocycles. The molecule has 1 N–H and O–H groups in total. The molecule has 0 spiro atoms. The molecule has 4 aromatic rings. The van der Waals surface area contributed by atoms with E-state index in [1.54, 1.807) is 28.8 Å². The maximum atomic E-state index is 12.8. The first-order valence-electron chi connectivity index (χ1n) is 8.60. The fourth-order valence-electron chi connectivity index (χ4n) is 2.95. The van der Waals surface area contributed by atoms with Crippen LogP contribution in [-0.2, 0) is 16.6 Å². The van der Waals surface area contributed by atoms with E-state index < -0.39 is 10.0 Å². The van der Waals surface area contributed by atoms with E-state index in [2.05, 4.69) is 4.72 Å². The lowest BCUT2D eigenvalue weighted by Gasteiger charge is -2.11. The van der Waals surface area contributed by atoms with Gasteiger partial charge in [0, 0.05) is 5.02 Å². The second-order valence-electron chi connectivity index (χ2n) is 6.38. The molecular formula is C20H13Cl3N2O3S2. The summed E-state index contributed by atoms with van der Waals surface area (Å²) in [7, 11) is -3.93. The van der Waals surface area contributed by atoms with Crippen LogP contribution in [0.5, 0.6) is 0 Å². The van der Waals surface area contributed by atoms with Crippen LogP contribution < -0.4 is 9.60 Å². The third kappa shape index (κ3) is 4.08. The number of hydrogen-bond donors (Lipinski definition) is 1. The highest BCUT2D eigenvalue weighted by molar-refractivity contribution is 7.92. The minimum absolute atomic E-state index is 0.0113. The summed E-state index contributed by atoms with van der Waals surface area (Å²) in [5.74, 6) is 0. The smallest absolute Gasteiger partial charge is 0.294 e. The molecule has 0 saturated heterocycles. The number of nitrogens with one attached hydrogen (secondary N) is 1. The zero-order chi connectivity index (χ0) is 21.5. The first-order chi connectivity index (χ1) is 14.3. The molecule has 0 aliphatic rings. The van der Waals surface area contributed by atoms with Gasteiger partial charge in [0.1, 0.15) is 0 Å². The highest BCUT2D eigenvalue weighted by Crippen LogP contribution is 2.32. The molecule has 5 nitrogen and oxygen atoms in total. The Labute approximate surface area is 191 Å². The fourth-order valence-corrected chi connectivity index (χ4v) is 5.65. The summed E-state index contributed by atoms with van der Waals surface area (Å²) in [5.41, 5.74) is 1.60. The molecule has 0 amide bonds. The van der Waals surface area contributed by atoms with Gasteiger partial charge in [0.25, 0.3) is 10.0 Å². The van der Waals surface area contributed by atoms with Gasteiger partial charge in [-0.3, -0.25) is 14.1 Å². The highest BCUT2D eigenvalue weighted by Gasteiger charge is 2.19. The Kier molecular flexibility index (Phi) is 5.83. The molecule has 1 aromatic heterocycles. The molecule has 1 heterocycles. The maximum Gasteiger partial charge on any atom is 0.308 e. The third-order valence-corrected chi connectivity index (χ3v) is 7.92. The number of fused-ring (bicyclic) bond motifs is 1. The van der Waals surface area contributed by atoms with Crippen molar-refractivity contribution in [2.75, 3.05) is 4.72 Å². The Hall–Kier alpha value is -2.03. The minimum Gasteiger partial charge on any atom is -0.294 e. The number of aromatic nitrogens is 1. The first kappa shape index (κ1) is 21.2. The largest absolute Gasteiger partial charge is 0.308 e. The Morgan fingerprint density at radius 3 is 2.43 bits per heavy atom. The zero-order valence-electron chi connectivity index (χ0n) is 15.1. The van der Waals surface area contributed by atoms with Gasteiger partial charge >= 0.3 is 4.87 Å². The lowest BCUT2D eigenvalue weighted by atomic mass is 10.2. The summed E-state index contributed by atoms with van der Waals surface area (Å²) in [5, 5.41) is 0.909. The summed E-state index contributed by atoms with van der Waals surface area (Å²) in [4.78, 5) is 12.3. The number of nitrogens with zero attached hydrogens (tertiary/aromatic N) is 1. The van der Waals surface area contributed by atoms with E-state index >= 15 is 0 Å². The highest BCUT2D eigenvalue weighted by atomic mass is 35.5. The molecule has 154 valence electrons. The van der Waals surface area contributed by atoms with Crippen LogP contribution in [0.25, 0.3) is 10.2 Å². The summed E-state index contributed by atoms with van der Waals surface area (Å²) >= 11 is 19.2. The predicted molar refractivity (Wildman–Crippen MR) is 124 cm³/mol. The van der Waals surface area contributed by atoms with Gasteiger partial charge in [0.2, 0.25) is 0 Å². The molecule has 30 heavy (non-hydrogen) atoms. The van der Waals surface area contributed by atoms with Gasteiger partial charge in [-0.05, 0) is 42.0 Å². The summed E-state index contributed by atoms with van der Waals surface area (Å²) in [6.45, 7) is 0.293. The molecule has 4 rings (SSSR count). The van der Waals surface area contributed by atoms with E-state index in [1.807, 2.05) is 18.2 Å². The van der Waals surface area contributed by atoms with Crippen molar-refractivity contribution in [3.8, 4) is 0 Å². The number of halogens is 3. The summed E-state index contributed by atoms with van der Waals surface area (Å²) in [6.07, 6.45) is 0. The Balaban J connectivity index is 1.71. The molecular weight excluding hydrogens is 487 g/mol. The Morgan fingerprint density at radius 2 is 1.67 bits per heavy atom. The van der Waals surface area contributed by atoms with Gasteiger partial charge in [-0.25, -0.2) is 8.42 Å². The number of anilines is 1. The van der Waals surface area contributed by atoms with Crippen LogP contribution in [0, 0.1) is 0 Å². The summed E-state index contributed by atoms with van der Waals surface area (Å²) < 4.78 is 30.2. The van der Waals surface area contributed by atoms with E-state index in [-0.39, 0.29) is 25.5 Å². The van der Waals surface area contributed by atoms with Crippen molar-refractivity contribution in [2.24, 2.45) is 0 Å². The monoisotopic (exact) mass is 498 g/mol. The van der Waals surface area contributed by atoms with Crippen LogP contribution in [0.4, 0.5) is 5.69 Å². The van der Waals surface area contributed by atoms with E-state index in [1.165, 1.54) is 18.2 Å². The molecule has 0 bridgehead atoms. The van der Waals surface area contributed by atoms with Crippen molar-refractivity contribution in [3.05, 3.63) is 91.0 Å². The van der Waals surface area contributed by atoms with Gasteiger partial charge in [-0.2, -0.15) is 0 Å². The zero-order valence-corrected chi connectivity index (χ0v) is 19.0. The van der Waals surface area contributed by atoms with Crippen LogP contribution in [0.15, 0.2) is 70.4 Å². The predicted octanol–water partition coefficient (Wildman–Crippen LogP) is 5.87. The van der Waals surface area contributed by atoms with Gasteiger partial charge in [-0.1, -0.05) is 70.4 Å². The molecule has 0 saturated carbocycles. The number of rotatable bonds is 5. The normalized spacial score (nSPS) is 11.7. The van der Waals surface area contributed by atoms with Crippen molar-refractivity contribution in [2.45, 2.75) is 11.4 Å². The Bertz CT molecular complexity index is 1430. The van der Waals surface area contributed by atoms with Crippen LogP contribution >= 0.6 is 46.1 Å². The quantitative estimate of drug-likeness (QED) is 0.373. The van der Waals surface area contributed by atoms with Gasteiger partial charge < -0.3 is 0 Å². The number of benzene rings is 3. The van der Waals surface area contributed by atoms with E-state index in [4.69, 9.17) is 34.8 Å². The van der Waals surface area contributed by atoms with Gasteiger partial charge in [0.15, 0.2) is 0 Å². The van der Waals surface area contributed by atoms with Crippen LogP contribution in [0.2, 0.25) is 15.1 Å². The van der Waals surface area contributed by atoms with E-state index in [0.29, 0.717) is 21.8 Å². The minimum atomic E-state index is -3.93. The molecule has 0 unspecified atom stereocenters. The van der Waals surface area contributed by atoms with Crippen LogP contribution in [-0.4, -0.2) is 13.0 Å². The van der Waals surface area contributed by atoms with Crippen molar-refractivity contribution in [1.82, 2.24) is 4.57 Å². The first-order valence-corrected chi connectivity index (χ1v) is 12.0. The molecule has 0 aliphatic heterocycles. The van der Waals surface area contributed by atoms with Crippen molar-refractivity contribution >= 4 is 72.1 Å². The topological polar surface area (TPSA) is 68.2 Å². The standard InChI is InChI=1S/C20H13Cl3N2O3S2/c21-14-5-2-1-4-12(14)11-25-17-9-8-13(10-18(17)29-20(25)26)30(27,28)24-16-7-3-6-15(22)19(16)23/h1-10,24H,11H2. The SMILES string of the molecule is O=c1sc2cc(S(=O)(=O)Nc3cccc(Cl)c3Cl)ccc2n1Cc1ccccc1Cl. The second kappa shape index (κ2) is 8.24. The van der Waals surface area contributed by atoms with Gasteiger partial charge in [-0.15, -0.1) is 0 Å². The fraction of sp³-hybridized carbons (Fsp3) is 0.0500. The summed E-state index contributed by atoms with van der Waals surface area (Å²) in [6, 6.07) is 16.5. The number of sulfonamides is 1. The lowest BCUT2D eigenvalue weighted by Crippen LogP contribution is -2.14. The number of hydrogen-bond acceptors (Lipinski definition) is 4. The van der Waals surface area contributed by atoms with Crippen LogP contribution in [0.1, 0.15) is 5.56 Å². The molecule has 3 aromatic carbocycles. The van der Waals surface area contributed by atoms with E-state index in [0.717, 1.165) is 16.9 Å². The Morgan fingerprint density at radius 1 is 0.933 bits per heavy atom. The van der Waals surface area contributed by atoms with Gasteiger partial charge in [0.05, 0.1) is 37.4 Å². The number of thiazole rings is 1. The molecule has 0 fully saturated rings. The third-order valence-electron chi connectivity index (χ3n) is 4.43. The molecule has 10 heteroatoms. The second-order valence-corrected chi connectivity index (χ2v) is 10.2. The average Bonchev–Trinajstić information content (AvgIpc) is 3.01. The molecule has 0 radical (unpaired) electrons.